The van der Waals surface area contributed by atoms with Crippen LogP contribution in [0.25, 0.3) is 0 Å². The number of hydrogen-bond acceptors (Lipinski definition) is 2. The zero-order chi connectivity index (χ0) is 14.5. The Hall–Kier alpha value is -2.20. The van der Waals surface area contributed by atoms with Gasteiger partial charge in [-0.05, 0) is 35.7 Å². The average molecular weight is 272 g/mol. The normalized spacial score (nSPS) is 10.3. The van der Waals surface area contributed by atoms with Gasteiger partial charge in [-0.1, -0.05) is 30.3 Å². The van der Waals surface area contributed by atoms with Gasteiger partial charge in [0.1, 0.15) is 5.82 Å². The highest BCUT2D eigenvalue weighted by molar-refractivity contribution is 5.92. The van der Waals surface area contributed by atoms with Gasteiger partial charge in [-0.2, -0.15) is 0 Å². The van der Waals surface area contributed by atoms with Crippen molar-refractivity contribution in [3.63, 3.8) is 0 Å². The molecule has 0 bridgehead atoms. The second-order valence-corrected chi connectivity index (χ2v) is 4.67. The third kappa shape index (κ3) is 3.42. The van der Waals surface area contributed by atoms with E-state index in [1.54, 1.807) is 6.07 Å². The summed E-state index contributed by atoms with van der Waals surface area (Å²) in [5.74, 6) is -0.704. The smallest absolute Gasteiger partial charge is 0.228 e. The first kappa shape index (κ1) is 14.2. The number of rotatable bonds is 4. The maximum Gasteiger partial charge on any atom is 0.228 e. The number of aryl methyl sites for hydroxylation is 1. The highest BCUT2D eigenvalue weighted by atomic mass is 19.1. The van der Waals surface area contributed by atoms with E-state index in [4.69, 9.17) is 5.73 Å². The molecule has 104 valence electrons. The van der Waals surface area contributed by atoms with Crippen molar-refractivity contribution in [3.8, 4) is 0 Å². The van der Waals surface area contributed by atoms with E-state index in [2.05, 4.69) is 5.32 Å². The number of anilines is 1. The van der Waals surface area contributed by atoms with Gasteiger partial charge in [-0.3, -0.25) is 4.79 Å². The molecule has 2 aromatic rings. The van der Waals surface area contributed by atoms with Gasteiger partial charge in [0.15, 0.2) is 0 Å². The van der Waals surface area contributed by atoms with Crippen LogP contribution < -0.4 is 11.1 Å². The Labute approximate surface area is 117 Å². The molecule has 0 radical (unpaired) electrons. The number of amides is 1. The van der Waals surface area contributed by atoms with Crippen LogP contribution in [0.15, 0.2) is 42.5 Å². The first-order chi connectivity index (χ1) is 9.60. The van der Waals surface area contributed by atoms with Gasteiger partial charge in [0, 0.05) is 6.54 Å². The summed E-state index contributed by atoms with van der Waals surface area (Å²) >= 11 is 0. The lowest BCUT2D eigenvalue weighted by Crippen LogP contribution is -2.16. The van der Waals surface area contributed by atoms with Gasteiger partial charge >= 0.3 is 0 Å². The van der Waals surface area contributed by atoms with Crippen LogP contribution in [0.1, 0.15) is 16.7 Å². The van der Waals surface area contributed by atoms with Crippen LogP contribution in [0.5, 0.6) is 0 Å². The Kier molecular flexibility index (Phi) is 4.48. The maximum atomic E-state index is 13.7. The summed E-state index contributed by atoms with van der Waals surface area (Å²) in [6, 6.07) is 12.2. The number of halogens is 1. The fourth-order valence-corrected chi connectivity index (χ4v) is 1.96. The van der Waals surface area contributed by atoms with E-state index < -0.39 is 5.82 Å². The topological polar surface area (TPSA) is 55.1 Å². The molecule has 3 nitrogen and oxygen atoms in total. The van der Waals surface area contributed by atoms with Gasteiger partial charge in [-0.25, -0.2) is 4.39 Å². The Morgan fingerprint density at radius 1 is 1.25 bits per heavy atom. The van der Waals surface area contributed by atoms with Crippen LogP contribution >= 0.6 is 0 Å². The van der Waals surface area contributed by atoms with E-state index in [-0.39, 0.29) is 24.6 Å². The van der Waals surface area contributed by atoms with Crippen molar-refractivity contribution in [2.75, 3.05) is 5.32 Å². The molecular weight excluding hydrogens is 255 g/mol. The summed E-state index contributed by atoms with van der Waals surface area (Å²) in [6.45, 7) is 2.22. The van der Waals surface area contributed by atoms with Crippen LogP contribution in [0.2, 0.25) is 0 Å². The quantitative estimate of drug-likeness (QED) is 0.899. The maximum absolute atomic E-state index is 13.7. The third-order valence-electron chi connectivity index (χ3n) is 3.16. The fourth-order valence-electron chi connectivity index (χ4n) is 1.96. The van der Waals surface area contributed by atoms with E-state index in [0.717, 1.165) is 11.1 Å². The van der Waals surface area contributed by atoms with Crippen LogP contribution in [-0.4, -0.2) is 5.91 Å². The van der Waals surface area contributed by atoms with E-state index in [9.17, 15) is 9.18 Å². The largest absolute Gasteiger partial charge is 0.326 e. The van der Waals surface area contributed by atoms with Gasteiger partial charge in [0.25, 0.3) is 0 Å². The molecule has 0 heterocycles. The molecule has 0 aliphatic rings. The molecule has 0 spiro atoms. The number of nitrogens with two attached hydrogens (primary N) is 1. The minimum absolute atomic E-state index is 0.181. The van der Waals surface area contributed by atoms with E-state index >= 15 is 0 Å². The number of hydrogen-bond donors (Lipinski definition) is 2. The molecule has 20 heavy (non-hydrogen) atoms. The minimum Gasteiger partial charge on any atom is -0.326 e. The molecule has 1 amide bonds. The monoisotopic (exact) mass is 272 g/mol. The summed E-state index contributed by atoms with van der Waals surface area (Å²) in [5.41, 5.74) is 8.29. The fraction of sp³-hybridized carbons (Fsp3) is 0.188. The van der Waals surface area contributed by atoms with Gasteiger partial charge in [-0.15, -0.1) is 0 Å². The van der Waals surface area contributed by atoms with Crippen LogP contribution in [0.3, 0.4) is 0 Å². The predicted molar refractivity (Wildman–Crippen MR) is 77.8 cm³/mol. The number of carbonyl (C=O) groups excluding carboxylic acids is 1. The molecule has 0 unspecified atom stereocenters. The van der Waals surface area contributed by atoms with E-state index in [1.165, 1.54) is 12.1 Å². The molecule has 4 heteroatoms. The van der Waals surface area contributed by atoms with Crippen molar-refractivity contribution in [3.05, 3.63) is 65.0 Å². The third-order valence-corrected chi connectivity index (χ3v) is 3.16. The molecule has 0 aliphatic carbocycles. The highest BCUT2D eigenvalue weighted by Crippen LogP contribution is 2.16. The van der Waals surface area contributed by atoms with Crippen molar-refractivity contribution in [2.45, 2.75) is 19.9 Å². The number of benzene rings is 2. The van der Waals surface area contributed by atoms with Crippen LogP contribution in [-0.2, 0) is 17.8 Å². The standard InChI is InChI=1S/C16H17FN2O/c1-11-4-2-3-5-13(11)9-16(20)19-15-7-6-12(10-18)8-14(15)17/h2-8H,9-10,18H2,1H3,(H,19,20). The summed E-state index contributed by atoms with van der Waals surface area (Å²) in [6.07, 6.45) is 0.227. The average Bonchev–Trinajstić information content (AvgIpc) is 2.43. The molecule has 0 saturated heterocycles. The van der Waals surface area contributed by atoms with E-state index in [1.807, 2.05) is 31.2 Å². The Morgan fingerprint density at radius 2 is 2.00 bits per heavy atom. The molecule has 2 rings (SSSR count). The zero-order valence-electron chi connectivity index (χ0n) is 11.3. The van der Waals surface area contributed by atoms with Gasteiger partial charge in [0.05, 0.1) is 12.1 Å². The lowest BCUT2D eigenvalue weighted by molar-refractivity contribution is -0.115. The Bertz CT molecular complexity index is 626. The summed E-state index contributed by atoms with van der Waals surface area (Å²) < 4.78 is 13.7. The van der Waals surface area contributed by atoms with Crippen molar-refractivity contribution < 1.29 is 9.18 Å². The molecule has 0 aliphatic heterocycles. The van der Waals surface area contributed by atoms with E-state index in [0.29, 0.717) is 5.56 Å². The van der Waals surface area contributed by atoms with Crippen molar-refractivity contribution in [1.29, 1.82) is 0 Å². The molecule has 0 atom stereocenters. The second kappa shape index (κ2) is 6.30. The molecular formula is C16H17FN2O. The van der Waals surface area contributed by atoms with Gasteiger partial charge < -0.3 is 11.1 Å². The zero-order valence-corrected chi connectivity index (χ0v) is 11.3. The predicted octanol–water partition coefficient (Wildman–Crippen LogP) is 2.77. The Balaban J connectivity index is 2.07. The molecule has 0 fully saturated rings. The molecule has 0 saturated carbocycles. The van der Waals surface area contributed by atoms with Crippen LogP contribution in [0.4, 0.5) is 10.1 Å². The number of carbonyl (C=O) groups is 1. The SMILES string of the molecule is Cc1ccccc1CC(=O)Nc1ccc(CN)cc1F. The summed E-state index contributed by atoms with van der Waals surface area (Å²) in [4.78, 5) is 11.9. The van der Waals surface area contributed by atoms with Crippen molar-refractivity contribution >= 4 is 11.6 Å². The summed E-state index contributed by atoms with van der Waals surface area (Å²) in [7, 11) is 0. The lowest BCUT2D eigenvalue weighted by Gasteiger charge is -2.09. The summed E-state index contributed by atoms with van der Waals surface area (Å²) in [5, 5.41) is 2.58. The van der Waals surface area contributed by atoms with Crippen molar-refractivity contribution in [2.24, 2.45) is 5.73 Å². The second-order valence-electron chi connectivity index (χ2n) is 4.67. The van der Waals surface area contributed by atoms with Crippen LogP contribution in [0, 0.1) is 12.7 Å². The Morgan fingerprint density at radius 3 is 2.65 bits per heavy atom. The van der Waals surface area contributed by atoms with Crippen molar-refractivity contribution in [1.82, 2.24) is 0 Å². The molecule has 0 aromatic heterocycles. The number of nitrogens with one attached hydrogen (secondary N) is 1. The molecule has 3 N–H and O–H groups in total. The lowest BCUT2D eigenvalue weighted by atomic mass is 10.1. The molecule has 2 aromatic carbocycles. The first-order valence-corrected chi connectivity index (χ1v) is 6.43. The first-order valence-electron chi connectivity index (χ1n) is 6.43. The highest BCUT2D eigenvalue weighted by Gasteiger charge is 2.09. The van der Waals surface area contributed by atoms with Gasteiger partial charge in [0.2, 0.25) is 5.91 Å². The minimum atomic E-state index is -0.467.